The number of carbonyl (C=O) groups is 2. The minimum absolute atomic E-state index is 0.0293. The van der Waals surface area contributed by atoms with Gasteiger partial charge in [0.2, 0.25) is 5.91 Å². The number of nitrogens with zero attached hydrogens (tertiary/aromatic N) is 1. The van der Waals surface area contributed by atoms with Gasteiger partial charge in [0, 0.05) is 13.1 Å². The number of sulfone groups is 1. The minimum atomic E-state index is -3.09. The lowest BCUT2D eigenvalue weighted by Crippen LogP contribution is -2.53. The summed E-state index contributed by atoms with van der Waals surface area (Å²) in [4.78, 5) is 26.7. The molecule has 1 aliphatic rings. The first kappa shape index (κ1) is 19.7. The molecule has 1 heterocycles. The Kier molecular flexibility index (Phi) is 6.11. The van der Waals surface area contributed by atoms with E-state index in [1.807, 2.05) is 13.8 Å². The highest BCUT2D eigenvalue weighted by Gasteiger charge is 2.36. The highest BCUT2D eigenvalue weighted by atomic mass is 35.5. The van der Waals surface area contributed by atoms with E-state index in [9.17, 15) is 18.0 Å². The average molecular weight is 387 g/mol. The summed E-state index contributed by atoms with van der Waals surface area (Å²) in [5, 5.41) is 3.04. The van der Waals surface area contributed by atoms with Gasteiger partial charge in [-0.1, -0.05) is 37.6 Å². The second-order valence-corrected chi connectivity index (χ2v) is 9.32. The number of hydrogen-bond donors (Lipinski definition) is 1. The number of halogens is 1. The topological polar surface area (TPSA) is 83.6 Å². The van der Waals surface area contributed by atoms with Crippen molar-refractivity contribution in [3.05, 3.63) is 34.9 Å². The van der Waals surface area contributed by atoms with E-state index in [0.29, 0.717) is 17.0 Å². The van der Waals surface area contributed by atoms with Gasteiger partial charge in [-0.2, -0.15) is 0 Å². The van der Waals surface area contributed by atoms with Gasteiger partial charge in [-0.05, 0) is 24.5 Å². The highest BCUT2D eigenvalue weighted by molar-refractivity contribution is 7.91. The number of likely N-dealkylation sites (N-methyl/N-ethyl adjacent to an activating group) is 1. The van der Waals surface area contributed by atoms with Crippen LogP contribution in [-0.2, 0) is 14.6 Å². The van der Waals surface area contributed by atoms with E-state index in [1.165, 1.54) is 4.90 Å². The Bertz CT molecular complexity index is 764. The molecule has 8 heteroatoms. The molecule has 2 atom stereocenters. The lowest BCUT2D eigenvalue weighted by molar-refractivity contribution is -0.134. The SMILES string of the molecule is CC(C)C(NC(=O)c1ccccc1Cl)C(=O)N(C)C1CCS(=O)(=O)C1. The standard InChI is InChI=1S/C17H23ClN2O4S/c1-11(2)15(19-16(21)13-6-4-5-7-14(13)18)17(22)20(3)12-8-9-25(23,24)10-12/h4-7,11-12,15H,8-10H2,1-3H3,(H,19,21). The molecule has 0 spiro atoms. The fourth-order valence-corrected chi connectivity index (χ4v) is 4.85. The largest absolute Gasteiger partial charge is 0.340 e. The summed E-state index contributed by atoms with van der Waals surface area (Å²) >= 11 is 6.04. The van der Waals surface area contributed by atoms with E-state index < -0.39 is 21.8 Å². The number of hydrogen-bond acceptors (Lipinski definition) is 4. The summed E-state index contributed by atoms with van der Waals surface area (Å²) in [6.07, 6.45) is 0.424. The van der Waals surface area contributed by atoms with Gasteiger partial charge in [-0.15, -0.1) is 0 Å². The quantitative estimate of drug-likeness (QED) is 0.835. The van der Waals surface area contributed by atoms with Crippen LogP contribution in [0.2, 0.25) is 5.02 Å². The van der Waals surface area contributed by atoms with Crippen molar-refractivity contribution in [1.29, 1.82) is 0 Å². The van der Waals surface area contributed by atoms with Gasteiger partial charge < -0.3 is 10.2 Å². The molecule has 1 saturated heterocycles. The van der Waals surface area contributed by atoms with Crippen molar-refractivity contribution in [1.82, 2.24) is 10.2 Å². The fourth-order valence-electron chi connectivity index (χ4n) is 2.86. The second kappa shape index (κ2) is 7.74. The predicted molar refractivity (Wildman–Crippen MR) is 97.4 cm³/mol. The van der Waals surface area contributed by atoms with Crippen LogP contribution in [-0.4, -0.2) is 55.8 Å². The molecule has 2 unspecified atom stereocenters. The van der Waals surface area contributed by atoms with Gasteiger partial charge in [-0.3, -0.25) is 9.59 Å². The predicted octanol–water partition coefficient (Wildman–Crippen LogP) is 1.74. The molecule has 1 N–H and O–H groups in total. The smallest absolute Gasteiger partial charge is 0.253 e. The maximum absolute atomic E-state index is 12.8. The molecule has 0 bridgehead atoms. The molecule has 1 aromatic rings. The van der Waals surface area contributed by atoms with Crippen LogP contribution in [0.4, 0.5) is 0 Å². The summed E-state index contributed by atoms with van der Waals surface area (Å²) in [6.45, 7) is 3.66. The number of rotatable bonds is 5. The van der Waals surface area contributed by atoms with Crippen molar-refractivity contribution in [3.8, 4) is 0 Å². The van der Waals surface area contributed by atoms with Crippen LogP contribution >= 0.6 is 11.6 Å². The third kappa shape index (κ3) is 4.73. The molecule has 138 valence electrons. The zero-order valence-corrected chi connectivity index (χ0v) is 16.1. The Morgan fingerprint density at radius 2 is 1.92 bits per heavy atom. The monoisotopic (exact) mass is 386 g/mol. The summed E-state index contributed by atoms with van der Waals surface area (Å²) in [5.41, 5.74) is 0.300. The Morgan fingerprint density at radius 3 is 2.44 bits per heavy atom. The molecular weight excluding hydrogens is 364 g/mol. The minimum Gasteiger partial charge on any atom is -0.340 e. The zero-order chi connectivity index (χ0) is 18.8. The number of nitrogens with one attached hydrogen (secondary N) is 1. The Balaban J connectivity index is 2.13. The normalized spacial score (nSPS) is 20.3. The third-order valence-corrected chi connectivity index (χ3v) is 6.52. The summed E-state index contributed by atoms with van der Waals surface area (Å²) < 4.78 is 23.3. The molecule has 2 rings (SSSR count). The van der Waals surface area contributed by atoms with E-state index in [4.69, 9.17) is 11.6 Å². The lowest BCUT2D eigenvalue weighted by atomic mass is 10.0. The van der Waals surface area contributed by atoms with Crippen LogP contribution in [0.5, 0.6) is 0 Å². The molecule has 0 aromatic heterocycles. The molecule has 1 fully saturated rings. The maximum atomic E-state index is 12.8. The van der Waals surface area contributed by atoms with Crippen molar-refractivity contribution in [2.75, 3.05) is 18.6 Å². The van der Waals surface area contributed by atoms with Crippen LogP contribution in [0, 0.1) is 5.92 Å². The van der Waals surface area contributed by atoms with E-state index in [2.05, 4.69) is 5.32 Å². The van der Waals surface area contributed by atoms with Crippen LogP contribution in [0.25, 0.3) is 0 Å². The Labute approximate surface area is 153 Å². The fraction of sp³-hybridized carbons (Fsp3) is 0.529. The number of carbonyl (C=O) groups excluding carboxylic acids is 2. The van der Waals surface area contributed by atoms with Crippen molar-refractivity contribution >= 4 is 33.3 Å². The molecule has 25 heavy (non-hydrogen) atoms. The van der Waals surface area contributed by atoms with Gasteiger partial charge in [0.1, 0.15) is 6.04 Å². The summed E-state index contributed by atoms with van der Waals surface area (Å²) in [6, 6.07) is 5.51. The highest BCUT2D eigenvalue weighted by Crippen LogP contribution is 2.20. The molecule has 2 amide bonds. The van der Waals surface area contributed by atoms with Crippen molar-refractivity contribution in [2.24, 2.45) is 5.92 Å². The molecule has 0 saturated carbocycles. The van der Waals surface area contributed by atoms with Crippen LogP contribution in [0.1, 0.15) is 30.6 Å². The molecule has 1 aromatic carbocycles. The van der Waals surface area contributed by atoms with Crippen LogP contribution in [0.3, 0.4) is 0 Å². The molecule has 6 nitrogen and oxygen atoms in total. The maximum Gasteiger partial charge on any atom is 0.253 e. The van der Waals surface area contributed by atoms with E-state index in [1.54, 1.807) is 31.3 Å². The first-order chi connectivity index (χ1) is 11.6. The van der Waals surface area contributed by atoms with Crippen LogP contribution in [0.15, 0.2) is 24.3 Å². The molecule has 1 aliphatic heterocycles. The van der Waals surface area contributed by atoms with Gasteiger partial charge in [-0.25, -0.2) is 8.42 Å². The Morgan fingerprint density at radius 1 is 1.28 bits per heavy atom. The third-order valence-electron chi connectivity index (χ3n) is 4.44. The average Bonchev–Trinajstić information content (AvgIpc) is 2.91. The first-order valence-electron chi connectivity index (χ1n) is 8.15. The first-order valence-corrected chi connectivity index (χ1v) is 10.3. The van der Waals surface area contributed by atoms with Crippen molar-refractivity contribution < 1.29 is 18.0 Å². The molecule has 0 radical (unpaired) electrons. The molecular formula is C17H23ClN2O4S. The number of benzene rings is 1. The van der Waals surface area contributed by atoms with E-state index >= 15 is 0 Å². The van der Waals surface area contributed by atoms with Crippen molar-refractivity contribution in [2.45, 2.75) is 32.4 Å². The van der Waals surface area contributed by atoms with Gasteiger partial charge in [0.25, 0.3) is 5.91 Å². The van der Waals surface area contributed by atoms with Gasteiger partial charge in [0.15, 0.2) is 9.84 Å². The van der Waals surface area contributed by atoms with Crippen molar-refractivity contribution in [3.63, 3.8) is 0 Å². The van der Waals surface area contributed by atoms with E-state index in [-0.39, 0.29) is 29.4 Å². The molecule has 0 aliphatic carbocycles. The lowest BCUT2D eigenvalue weighted by Gasteiger charge is -2.30. The number of amides is 2. The summed E-state index contributed by atoms with van der Waals surface area (Å²) in [7, 11) is -1.50. The Hall–Kier alpha value is -1.60. The van der Waals surface area contributed by atoms with Crippen LogP contribution < -0.4 is 5.32 Å². The zero-order valence-electron chi connectivity index (χ0n) is 14.5. The van der Waals surface area contributed by atoms with E-state index in [0.717, 1.165) is 0 Å². The second-order valence-electron chi connectivity index (χ2n) is 6.68. The van der Waals surface area contributed by atoms with Gasteiger partial charge >= 0.3 is 0 Å². The van der Waals surface area contributed by atoms with Gasteiger partial charge in [0.05, 0.1) is 22.1 Å². The summed E-state index contributed by atoms with van der Waals surface area (Å²) in [5.74, 6) is -0.812.